The molecule has 6 amide bonds. The van der Waals surface area contributed by atoms with Crippen LogP contribution in [-0.2, 0) is 15.1 Å². The summed E-state index contributed by atoms with van der Waals surface area (Å²) in [6.07, 6.45) is 0. The SMILES string of the molecule is Cc1ccc([C@@]2(c3ccccc3)NC(=O)N(CC(=O)NC(N)=O)C2=O)cc1C. The Balaban J connectivity index is 2.09. The van der Waals surface area contributed by atoms with E-state index in [1.54, 1.807) is 36.4 Å². The lowest BCUT2D eigenvalue weighted by atomic mass is 9.81. The average molecular weight is 380 g/mol. The van der Waals surface area contributed by atoms with Gasteiger partial charge >= 0.3 is 12.1 Å². The number of imide groups is 2. The Morgan fingerprint density at radius 2 is 1.71 bits per heavy atom. The Labute approximate surface area is 161 Å². The Kier molecular flexibility index (Phi) is 4.87. The molecule has 1 fully saturated rings. The van der Waals surface area contributed by atoms with Gasteiger partial charge in [-0.15, -0.1) is 0 Å². The maximum Gasteiger partial charge on any atom is 0.326 e. The molecule has 0 saturated carbocycles. The lowest BCUT2D eigenvalue weighted by Crippen LogP contribution is -2.47. The number of nitrogens with zero attached hydrogens (tertiary/aromatic N) is 1. The molecule has 1 atom stereocenters. The molecule has 0 radical (unpaired) electrons. The van der Waals surface area contributed by atoms with E-state index in [1.165, 1.54) is 0 Å². The number of aryl methyl sites for hydroxylation is 2. The lowest BCUT2D eigenvalue weighted by molar-refractivity contribution is -0.133. The minimum absolute atomic E-state index is 0.564. The van der Waals surface area contributed by atoms with Crippen LogP contribution in [0.3, 0.4) is 0 Å². The zero-order chi connectivity index (χ0) is 20.5. The van der Waals surface area contributed by atoms with Crippen LogP contribution < -0.4 is 16.4 Å². The molecule has 4 N–H and O–H groups in total. The molecule has 1 aliphatic rings. The first-order valence-corrected chi connectivity index (χ1v) is 8.62. The van der Waals surface area contributed by atoms with Crippen molar-refractivity contribution in [1.29, 1.82) is 0 Å². The molecule has 1 aliphatic heterocycles. The fraction of sp³-hybridized carbons (Fsp3) is 0.200. The van der Waals surface area contributed by atoms with Gasteiger partial charge in [-0.3, -0.25) is 19.8 Å². The van der Waals surface area contributed by atoms with E-state index in [1.807, 2.05) is 31.3 Å². The summed E-state index contributed by atoms with van der Waals surface area (Å²) in [5, 5.41) is 4.61. The zero-order valence-electron chi connectivity index (χ0n) is 15.5. The van der Waals surface area contributed by atoms with Gasteiger partial charge in [0.25, 0.3) is 5.91 Å². The first-order chi connectivity index (χ1) is 13.3. The van der Waals surface area contributed by atoms with Gasteiger partial charge in [-0.05, 0) is 36.1 Å². The van der Waals surface area contributed by atoms with E-state index in [0.29, 0.717) is 11.1 Å². The summed E-state index contributed by atoms with van der Waals surface area (Å²) < 4.78 is 0. The van der Waals surface area contributed by atoms with Crippen LogP contribution in [0, 0.1) is 13.8 Å². The van der Waals surface area contributed by atoms with Gasteiger partial charge < -0.3 is 11.1 Å². The summed E-state index contributed by atoms with van der Waals surface area (Å²) in [5.41, 5.74) is 6.61. The number of carbonyl (C=O) groups is 4. The summed E-state index contributed by atoms with van der Waals surface area (Å²) >= 11 is 0. The third kappa shape index (κ3) is 3.20. The number of carbonyl (C=O) groups excluding carboxylic acids is 4. The predicted molar refractivity (Wildman–Crippen MR) is 101 cm³/mol. The highest BCUT2D eigenvalue weighted by molar-refractivity contribution is 6.12. The van der Waals surface area contributed by atoms with Crippen LogP contribution in [0.4, 0.5) is 9.59 Å². The van der Waals surface area contributed by atoms with Crippen molar-refractivity contribution in [2.24, 2.45) is 5.73 Å². The quantitative estimate of drug-likeness (QED) is 0.692. The average Bonchev–Trinajstić information content (AvgIpc) is 2.89. The fourth-order valence-corrected chi connectivity index (χ4v) is 3.26. The summed E-state index contributed by atoms with van der Waals surface area (Å²) in [6, 6.07) is 12.5. The highest BCUT2D eigenvalue weighted by Crippen LogP contribution is 2.36. The second kappa shape index (κ2) is 7.15. The molecule has 3 rings (SSSR count). The molecule has 8 heteroatoms. The monoisotopic (exact) mass is 380 g/mol. The molecule has 1 saturated heterocycles. The first-order valence-electron chi connectivity index (χ1n) is 8.62. The highest BCUT2D eigenvalue weighted by Gasteiger charge is 2.54. The maximum absolute atomic E-state index is 13.4. The number of rotatable bonds is 4. The number of amides is 6. The molecular formula is C20H20N4O4. The van der Waals surface area contributed by atoms with Gasteiger partial charge in [0, 0.05) is 0 Å². The van der Waals surface area contributed by atoms with Gasteiger partial charge in [0.1, 0.15) is 6.54 Å². The normalized spacial score (nSPS) is 18.7. The molecule has 144 valence electrons. The molecule has 0 spiro atoms. The van der Waals surface area contributed by atoms with E-state index < -0.39 is 36.0 Å². The number of hydrogen-bond donors (Lipinski definition) is 3. The van der Waals surface area contributed by atoms with Gasteiger partial charge in [-0.1, -0.05) is 48.5 Å². The molecule has 2 aromatic carbocycles. The molecule has 1 heterocycles. The van der Waals surface area contributed by atoms with Crippen molar-refractivity contribution < 1.29 is 19.2 Å². The molecular weight excluding hydrogens is 360 g/mol. The number of primary amides is 1. The zero-order valence-corrected chi connectivity index (χ0v) is 15.5. The van der Waals surface area contributed by atoms with Crippen LogP contribution in [-0.4, -0.2) is 35.3 Å². The van der Waals surface area contributed by atoms with Crippen molar-refractivity contribution in [3.05, 3.63) is 70.8 Å². The second-order valence-corrected chi connectivity index (χ2v) is 6.65. The summed E-state index contributed by atoms with van der Waals surface area (Å²) in [5.74, 6) is -1.45. The summed E-state index contributed by atoms with van der Waals surface area (Å²) in [7, 11) is 0. The molecule has 0 aliphatic carbocycles. The Morgan fingerprint density at radius 1 is 1.04 bits per heavy atom. The van der Waals surface area contributed by atoms with Crippen LogP contribution in [0.15, 0.2) is 48.5 Å². The predicted octanol–water partition coefficient (Wildman–Crippen LogP) is 1.29. The van der Waals surface area contributed by atoms with Gasteiger partial charge in [-0.2, -0.15) is 0 Å². The molecule has 0 unspecified atom stereocenters. The van der Waals surface area contributed by atoms with Crippen molar-refractivity contribution in [1.82, 2.24) is 15.5 Å². The topological polar surface area (TPSA) is 122 Å². The van der Waals surface area contributed by atoms with Crippen molar-refractivity contribution in [3.8, 4) is 0 Å². The molecule has 0 bridgehead atoms. The third-order valence-corrected chi connectivity index (χ3v) is 4.82. The van der Waals surface area contributed by atoms with Crippen molar-refractivity contribution >= 4 is 23.9 Å². The maximum atomic E-state index is 13.4. The largest absolute Gasteiger partial charge is 0.351 e. The van der Waals surface area contributed by atoms with Crippen LogP contribution in [0.1, 0.15) is 22.3 Å². The van der Waals surface area contributed by atoms with Crippen LogP contribution in [0.2, 0.25) is 0 Å². The van der Waals surface area contributed by atoms with Crippen LogP contribution in [0.5, 0.6) is 0 Å². The summed E-state index contributed by atoms with van der Waals surface area (Å²) in [6.45, 7) is 3.24. The van der Waals surface area contributed by atoms with Gasteiger partial charge in [0.05, 0.1) is 0 Å². The van der Waals surface area contributed by atoms with Crippen molar-refractivity contribution in [2.75, 3.05) is 6.54 Å². The minimum atomic E-state index is -1.47. The Morgan fingerprint density at radius 3 is 2.32 bits per heavy atom. The first kappa shape index (κ1) is 19.1. The number of benzene rings is 2. The molecule has 2 aromatic rings. The van der Waals surface area contributed by atoms with E-state index in [2.05, 4.69) is 5.32 Å². The van der Waals surface area contributed by atoms with E-state index in [-0.39, 0.29) is 0 Å². The van der Waals surface area contributed by atoms with Crippen molar-refractivity contribution in [3.63, 3.8) is 0 Å². The van der Waals surface area contributed by atoms with Crippen molar-refractivity contribution in [2.45, 2.75) is 19.4 Å². The van der Waals surface area contributed by atoms with Gasteiger partial charge in [0.15, 0.2) is 5.54 Å². The Hall–Kier alpha value is -3.68. The van der Waals surface area contributed by atoms with Crippen LogP contribution >= 0.6 is 0 Å². The molecule has 28 heavy (non-hydrogen) atoms. The number of nitrogens with two attached hydrogens (primary N) is 1. The number of nitrogens with one attached hydrogen (secondary N) is 2. The van der Waals surface area contributed by atoms with Gasteiger partial charge in [0.2, 0.25) is 5.91 Å². The lowest BCUT2D eigenvalue weighted by Gasteiger charge is -2.28. The third-order valence-electron chi connectivity index (χ3n) is 4.82. The smallest absolute Gasteiger partial charge is 0.326 e. The highest BCUT2D eigenvalue weighted by atomic mass is 16.2. The minimum Gasteiger partial charge on any atom is -0.351 e. The number of urea groups is 2. The standard InChI is InChI=1S/C20H20N4O4/c1-12-8-9-15(10-13(12)2)20(14-6-4-3-5-7-14)17(26)24(19(28)23-20)11-16(25)22-18(21)27/h3-10H,11H2,1-2H3,(H,23,28)(H3,21,22,25,27)/t20-/m1/s1. The second-order valence-electron chi connectivity index (χ2n) is 6.65. The van der Waals surface area contributed by atoms with Gasteiger partial charge in [-0.25, -0.2) is 9.59 Å². The van der Waals surface area contributed by atoms with E-state index in [0.717, 1.165) is 16.0 Å². The van der Waals surface area contributed by atoms with E-state index in [9.17, 15) is 19.2 Å². The molecule has 8 nitrogen and oxygen atoms in total. The van der Waals surface area contributed by atoms with E-state index >= 15 is 0 Å². The number of hydrogen-bond acceptors (Lipinski definition) is 4. The fourth-order valence-electron chi connectivity index (χ4n) is 3.26. The molecule has 0 aromatic heterocycles. The Bertz CT molecular complexity index is 973. The van der Waals surface area contributed by atoms with E-state index in [4.69, 9.17) is 5.73 Å². The summed E-state index contributed by atoms with van der Waals surface area (Å²) in [4.78, 5) is 49.6. The van der Waals surface area contributed by atoms with Crippen LogP contribution in [0.25, 0.3) is 0 Å².